The van der Waals surface area contributed by atoms with Gasteiger partial charge in [0.1, 0.15) is 30.2 Å². The number of amides is 1. The summed E-state index contributed by atoms with van der Waals surface area (Å²) in [7, 11) is 3.20. The van der Waals surface area contributed by atoms with Gasteiger partial charge in [0.2, 0.25) is 0 Å². The summed E-state index contributed by atoms with van der Waals surface area (Å²) in [6, 6.07) is 18.0. The first-order valence-electron chi connectivity index (χ1n) is 13.6. The summed E-state index contributed by atoms with van der Waals surface area (Å²) in [6.07, 6.45) is 4.13. The summed E-state index contributed by atoms with van der Waals surface area (Å²) in [5.41, 5.74) is 3.85. The Morgan fingerprint density at radius 1 is 1.02 bits per heavy atom. The van der Waals surface area contributed by atoms with Crippen LogP contribution < -0.4 is 18.9 Å². The molecule has 2 aromatic heterocycles. The fraction of sp³-hybridized carbons (Fsp3) is 0.258. The van der Waals surface area contributed by atoms with Crippen molar-refractivity contribution in [3.05, 3.63) is 95.2 Å². The summed E-state index contributed by atoms with van der Waals surface area (Å²) in [4.78, 5) is 22.9. The predicted molar refractivity (Wildman–Crippen MR) is 158 cm³/mol. The van der Waals surface area contributed by atoms with E-state index in [0.29, 0.717) is 54.1 Å². The Hall–Kier alpha value is -4.70. The topological polar surface area (TPSA) is 104 Å². The summed E-state index contributed by atoms with van der Waals surface area (Å²) in [5.74, 6) is 2.30. The number of fused-ring (bicyclic) bond motifs is 3. The third-order valence-corrected chi connectivity index (χ3v) is 7.58. The number of hydrogen-bond acceptors (Lipinski definition) is 7. The van der Waals surface area contributed by atoms with Crippen LogP contribution in [-0.4, -0.2) is 58.1 Å². The van der Waals surface area contributed by atoms with E-state index in [1.165, 1.54) is 6.33 Å². The molecular formula is C31H30ClN5O5. The van der Waals surface area contributed by atoms with E-state index < -0.39 is 12.1 Å². The van der Waals surface area contributed by atoms with E-state index in [-0.39, 0.29) is 0 Å². The number of aryl methyl sites for hydroxylation is 1. The molecule has 0 saturated heterocycles. The molecule has 11 heteroatoms. The van der Waals surface area contributed by atoms with Crippen LogP contribution in [0.3, 0.4) is 0 Å². The molecule has 3 heterocycles. The molecule has 0 bridgehead atoms. The van der Waals surface area contributed by atoms with Crippen LogP contribution >= 0.6 is 11.6 Å². The van der Waals surface area contributed by atoms with E-state index in [1.54, 1.807) is 54.4 Å². The van der Waals surface area contributed by atoms with Gasteiger partial charge in [-0.3, -0.25) is 9.58 Å². The molecule has 0 saturated carbocycles. The minimum Gasteiger partial charge on any atom is -0.497 e. The second kappa shape index (κ2) is 12.0. The Morgan fingerprint density at radius 2 is 1.86 bits per heavy atom. The van der Waals surface area contributed by atoms with E-state index in [9.17, 15) is 4.79 Å². The highest BCUT2D eigenvalue weighted by Gasteiger charge is 2.36. The first kappa shape index (κ1) is 27.5. The van der Waals surface area contributed by atoms with Gasteiger partial charge in [-0.25, -0.2) is 9.78 Å². The number of methoxy groups -OCH3 is 2. The van der Waals surface area contributed by atoms with Crippen molar-refractivity contribution >= 4 is 28.6 Å². The van der Waals surface area contributed by atoms with Gasteiger partial charge in [0, 0.05) is 41.1 Å². The molecular weight excluding hydrogens is 558 g/mol. The molecule has 6 rings (SSSR count). The third-order valence-electron chi connectivity index (χ3n) is 7.35. The molecule has 3 aromatic carbocycles. The number of aromatic nitrogens is 4. The van der Waals surface area contributed by atoms with Crippen molar-refractivity contribution < 1.29 is 23.7 Å². The van der Waals surface area contributed by atoms with Crippen LogP contribution in [0.1, 0.15) is 29.3 Å². The Labute approximate surface area is 247 Å². The minimum absolute atomic E-state index is 0.431. The maximum absolute atomic E-state index is 13.6. The van der Waals surface area contributed by atoms with Gasteiger partial charge in [-0.05, 0) is 72.1 Å². The second-order valence-electron chi connectivity index (χ2n) is 9.87. The fourth-order valence-electron chi connectivity index (χ4n) is 5.34. The minimum atomic E-state index is -0.458. The standard InChI is InChI=1S/C31H30ClN5O5/c1-39-22-6-8-23(9-7-22)42-31(38)37-14-12-24-25-17-21(32)5-10-26(25)35-29(24)30(37)20-4-11-27(28(16-20)40-2)41-15-3-13-36-19-33-18-34-36/h4-11,16-19,30,35H,3,12-15H2,1-2H3. The van der Waals surface area contributed by atoms with E-state index in [4.69, 9.17) is 30.5 Å². The molecule has 0 fully saturated rings. The van der Waals surface area contributed by atoms with Crippen LogP contribution in [-0.2, 0) is 13.0 Å². The molecule has 1 aliphatic heterocycles. The summed E-state index contributed by atoms with van der Waals surface area (Å²) >= 11 is 6.35. The van der Waals surface area contributed by atoms with Crippen molar-refractivity contribution in [3.8, 4) is 23.0 Å². The molecule has 1 amide bonds. The first-order valence-corrected chi connectivity index (χ1v) is 14.0. The summed E-state index contributed by atoms with van der Waals surface area (Å²) < 4.78 is 24.6. The second-order valence-corrected chi connectivity index (χ2v) is 10.3. The largest absolute Gasteiger partial charge is 0.497 e. The van der Waals surface area contributed by atoms with Gasteiger partial charge < -0.3 is 23.9 Å². The number of nitrogens with one attached hydrogen (secondary N) is 1. The molecule has 1 atom stereocenters. The van der Waals surface area contributed by atoms with Gasteiger partial charge in [0.05, 0.1) is 20.8 Å². The lowest BCUT2D eigenvalue weighted by Gasteiger charge is -2.35. The van der Waals surface area contributed by atoms with Gasteiger partial charge in [-0.2, -0.15) is 5.10 Å². The normalized spacial score (nSPS) is 14.5. The fourth-order valence-corrected chi connectivity index (χ4v) is 5.51. The number of ether oxygens (including phenoxy) is 4. The van der Waals surface area contributed by atoms with Crippen LogP contribution in [0.15, 0.2) is 73.3 Å². The zero-order chi connectivity index (χ0) is 29.1. The smallest absolute Gasteiger partial charge is 0.416 e. The number of nitrogens with zero attached hydrogens (tertiary/aromatic N) is 4. The molecule has 1 unspecified atom stereocenters. The molecule has 0 aliphatic carbocycles. The lowest BCUT2D eigenvalue weighted by molar-refractivity contribution is 0.135. The average molecular weight is 588 g/mol. The Morgan fingerprint density at radius 3 is 2.62 bits per heavy atom. The Bertz CT molecular complexity index is 1690. The van der Waals surface area contributed by atoms with Gasteiger partial charge in [-0.1, -0.05) is 17.7 Å². The number of benzene rings is 3. The highest BCUT2D eigenvalue weighted by Crippen LogP contribution is 2.42. The van der Waals surface area contributed by atoms with E-state index in [1.807, 2.05) is 36.4 Å². The summed E-state index contributed by atoms with van der Waals surface area (Å²) in [5, 5.41) is 5.83. The van der Waals surface area contributed by atoms with Crippen molar-refractivity contribution in [2.24, 2.45) is 0 Å². The van der Waals surface area contributed by atoms with Gasteiger partial charge >= 0.3 is 6.09 Å². The van der Waals surface area contributed by atoms with E-state index >= 15 is 0 Å². The zero-order valence-corrected chi connectivity index (χ0v) is 24.0. The third kappa shape index (κ3) is 5.58. The van der Waals surface area contributed by atoms with E-state index in [0.717, 1.165) is 34.1 Å². The quantitative estimate of drug-likeness (QED) is 0.209. The summed E-state index contributed by atoms with van der Waals surface area (Å²) in [6.45, 7) is 1.63. The lowest BCUT2D eigenvalue weighted by Crippen LogP contribution is -2.42. The number of hydrogen-bond donors (Lipinski definition) is 1. The highest BCUT2D eigenvalue weighted by atomic mass is 35.5. The molecule has 42 heavy (non-hydrogen) atoms. The van der Waals surface area contributed by atoms with Gasteiger partial charge in [0.15, 0.2) is 11.5 Å². The average Bonchev–Trinajstić information content (AvgIpc) is 3.67. The van der Waals surface area contributed by atoms with Crippen LogP contribution in [0.25, 0.3) is 10.9 Å². The molecule has 216 valence electrons. The van der Waals surface area contributed by atoms with Gasteiger partial charge in [-0.15, -0.1) is 0 Å². The number of carbonyl (C=O) groups excluding carboxylic acids is 1. The molecule has 10 nitrogen and oxygen atoms in total. The van der Waals surface area contributed by atoms with Crippen molar-refractivity contribution in [3.63, 3.8) is 0 Å². The van der Waals surface area contributed by atoms with Crippen molar-refractivity contribution in [2.75, 3.05) is 27.4 Å². The van der Waals surface area contributed by atoms with Gasteiger partial charge in [0.25, 0.3) is 0 Å². The SMILES string of the molecule is COc1ccc(OC(=O)N2CCc3c([nH]c4ccc(Cl)cc34)C2c2ccc(OCCCn3cncn3)c(OC)c2)cc1. The zero-order valence-electron chi connectivity index (χ0n) is 23.2. The van der Waals surface area contributed by atoms with E-state index in [2.05, 4.69) is 15.1 Å². The number of rotatable bonds is 9. The van der Waals surface area contributed by atoms with Crippen LogP contribution in [0, 0.1) is 0 Å². The molecule has 1 N–H and O–H groups in total. The predicted octanol–water partition coefficient (Wildman–Crippen LogP) is 6.05. The highest BCUT2D eigenvalue weighted by molar-refractivity contribution is 6.31. The van der Waals surface area contributed by atoms with Crippen molar-refractivity contribution in [2.45, 2.75) is 25.4 Å². The molecule has 0 radical (unpaired) electrons. The number of carbonyl (C=O) groups is 1. The monoisotopic (exact) mass is 587 g/mol. The lowest BCUT2D eigenvalue weighted by atomic mass is 9.92. The molecule has 5 aromatic rings. The van der Waals surface area contributed by atoms with Crippen LogP contribution in [0.5, 0.6) is 23.0 Å². The molecule has 0 spiro atoms. The number of aromatic amines is 1. The maximum Gasteiger partial charge on any atom is 0.416 e. The Balaban J connectivity index is 1.31. The van der Waals surface area contributed by atoms with Crippen LogP contribution in [0.2, 0.25) is 5.02 Å². The number of halogens is 1. The maximum atomic E-state index is 13.6. The van der Waals surface area contributed by atoms with Crippen molar-refractivity contribution in [1.82, 2.24) is 24.6 Å². The number of H-pyrrole nitrogens is 1. The Kier molecular flexibility index (Phi) is 7.87. The van der Waals surface area contributed by atoms with Crippen LogP contribution in [0.4, 0.5) is 4.79 Å². The first-order chi connectivity index (χ1) is 20.5. The molecule has 1 aliphatic rings. The van der Waals surface area contributed by atoms with Crippen molar-refractivity contribution in [1.29, 1.82) is 0 Å².